The molecule has 4 nitrogen and oxygen atoms in total. The van der Waals surface area contributed by atoms with Crippen molar-refractivity contribution in [2.24, 2.45) is 0 Å². The molecule has 1 aliphatic carbocycles. The SMILES string of the molecule is C[C@@H](OC1CCCCCC1)C(=O)N1CCC[C@H]1c1ccncc1. The fourth-order valence-electron chi connectivity index (χ4n) is 3.92. The highest BCUT2D eigenvalue weighted by Crippen LogP contribution is 2.32. The lowest BCUT2D eigenvalue weighted by molar-refractivity contribution is -0.147. The van der Waals surface area contributed by atoms with Crippen molar-refractivity contribution in [2.45, 2.75) is 76.5 Å². The summed E-state index contributed by atoms with van der Waals surface area (Å²) in [6.07, 6.45) is 12.9. The third-order valence-corrected chi connectivity index (χ3v) is 5.17. The van der Waals surface area contributed by atoms with Crippen molar-refractivity contribution < 1.29 is 9.53 Å². The number of hydrogen-bond donors (Lipinski definition) is 0. The van der Waals surface area contributed by atoms with E-state index in [0.717, 1.165) is 32.2 Å². The third kappa shape index (κ3) is 4.11. The normalized spacial score (nSPS) is 24.4. The monoisotopic (exact) mass is 316 g/mol. The Morgan fingerprint density at radius 3 is 2.52 bits per heavy atom. The first kappa shape index (κ1) is 16.4. The second-order valence-electron chi connectivity index (χ2n) is 6.86. The number of carbonyl (C=O) groups excluding carboxylic acids is 1. The number of hydrogen-bond acceptors (Lipinski definition) is 3. The first-order valence-electron chi connectivity index (χ1n) is 9.11. The summed E-state index contributed by atoms with van der Waals surface area (Å²) in [7, 11) is 0. The molecule has 3 rings (SSSR count). The molecule has 1 aliphatic heterocycles. The quantitative estimate of drug-likeness (QED) is 0.792. The molecule has 2 heterocycles. The molecule has 0 spiro atoms. The van der Waals surface area contributed by atoms with Crippen molar-refractivity contribution in [1.82, 2.24) is 9.88 Å². The summed E-state index contributed by atoms with van der Waals surface area (Å²) >= 11 is 0. The van der Waals surface area contributed by atoms with Crippen LogP contribution in [-0.4, -0.2) is 34.5 Å². The van der Waals surface area contributed by atoms with Gasteiger partial charge in [-0.25, -0.2) is 0 Å². The fraction of sp³-hybridized carbons (Fsp3) is 0.684. The molecule has 2 atom stereocenters. The highest BCUT2D eigenvalue weighted by Gasteiger charge is 2.33. The molecule has 0 unspecified atom stereocenters. The molecule has 1 saturated carbocycles. The van der Waals surface area contributed by atoms with Gasteiger partial charge in [0.25, 0.3) is 5.91 Å². The summed E-state index contributed by atoms with van der Waals surface area (Å²) in [6.45, 7) is 2.76. The van der Waals surface area contributed by atoms with Crippen molar-refractivity contribution in [2.75, 3.05) is 6.54 Å². The van der Waals surface area contributed by atoms with Crippen LogP contribution in [0.1, 0.15) is 69.9 Å². The number of carbonyl (C=O) groups is 1. The summed E-state index contributed by atoms with van der Waals surface area (Å²) < 4.78 is 6.13. The highest BCUT2D eigenvalue weighted by molar-refractivity contribution is 5.81. The van der Waals surface area contributed by atoms with Gasteiger partial charge in [0.2, 0.25) is 0 Å². The number of pyridine rings is 1. The lowest BCUT2D eigenvalue weighted by atomic mass is 10.1. The van der Waals surface area contributed by atoms with E-state index in [1.165, 1.54) is 31.2 Å². The van der Waals surface area contributed by atoms with E-state index < -0.39 is 0 Å². The molecular formula is C19H28N2O2. The van der Waals surface area contributed by atoms with E-state index in [1.807, 2.05) is 36.4 Å². The number of likely N-dealkylation sites (tertiary alicyclic amines) is 1. The van der Waals surface area contributed by atoms with Crippen LogP contribution in [0.15, 0.2) is 24.5 Å². The average molecular weight is 316 g/mol. The molecule has 0 bridgehead atoms. The van der Waals surface area contributed by atoms with E-state index >= 15 is 0 Å². The van der Waals surface area contributed by atoms with Gasteiger partial charge in [-0.1, -0.05) is 25.7 Å². The van der Waals surface area contributed by atoms with Crippen LogP contribution in [0.4, 0.5) is 0 Å². The average Bonchev–Trinajstić information content (AvgIpc) is 2.93. The summed E-state index contributed by atoms with van der Waals surface area (Å²) in [6, 6.07) is 4.23. The van der Waals surface area contributed by atoms with Gasteiger partial charge < -0.3 is 9.64 Å². The molecule has 126 valence electrons. The van der Waals surface area contributed by atoms with Gasteiger partial charge >= 0.3 is 0 Å². The topological polar surface area (TPSA) is 42.4 Å². The van der Waals surface area contributed by atoms with Gasteiger partial charge in [-0.15, -0.1) is 0 Å². The third-order valence-electron chi connectivity index (χ3n) is 5.17. The number of aromatic nitrogens is 1. The van der Waals surface area contributed by atoms with E-state index in [1.54, 1.807) is 0 Å². The van der Waals surface area contributed by atoms with E-state index in [-0.39, 0.29) is 24.2 Å². The predicted octanol–water partition coefficient (Wildman–Crippen LogP) is 3.87. The summed E-state index contributed by atoms with van der Waals surface area (Å²) in [5, 5.41) is 0. The van der Waals surface area contributed by atoms with E-state index in [4.69, 9.17) is 4.74 Å². The van der Waals surface area contributed by atoms with Gasteiger partial charge in [0, 0.05) is 18.9 Å². The van der Waals surface area contributed by atoms with Crippen molar-refractivity contribution in [1.29, 1.82) is 0 Å². The minimum absolute atomic E-state index is 0.147. The zero-order valence-electron chi connectivity index (χ0n) is 14.1. The number of amides is 1. The van der Waals surface area contributed by atoms with E-state index in [9.17, 15) is 4.79 Å². The second-order valence-corrected chi connectivity index (χ2v) is 6.86. The zero-order valence-corrected chi connectivity index (χ0v) is 14.1. The highest BCUT2D eigenvalue weighted by atomic mass is 16.5. The van der Waals surface area contributed by atoms with Crippen LogP contribution in [0.5, 0.6) is 0 Å². The van der Waals surface area contributed by atoms with Crippen molar-refractivity contribution in [3.8, 4) is 0 Å². The van der Waals surface area contributed by atoms with Crippen LogP contribution in [-0.2, 0) is 9.53 Å². The summed E-state index contributed by atoms with van der Waals surface area (Å²) in [5.41, 5.74) is 1.19. The fourth-order valence-corrected chi connectivity index (χ4v) is 3.92. The molecule has 1 amide bonds. The molecule has 4 heteroatoms. The molecule has 2 aliphatic rings. The molecular weight excluding hydrogens is 288 g/mol. The Labute approximate surface area is 139 Å². The molecule has 1 saturated heterocycles. The van der Waals surface area contributed by atoms with Crippen LogP contribution in [0.3, 0.4) is 0 Å². The Hall–Kier alpha value is -1.42. The minimum atomic E-state index is -0.333. The van der Waals surface area contributed by atoms with Crippen molar-refractivity contribution in [3.05, 3.63) is 30.1 Å². The number of rotatable bonds is 4. The maximum Gasteiger partial charge on any atom is 0.251 e. The van der Waals surface area contributed by atoms with Gasteiger partial charge in [0.15, 0.2) is 0 Å². The lowest BCUT2D eigenvalue weighted by Gasteiger charge is -2.29. The lowest BCUT2D eigenvalue weighted by Crippen LogP contribution is -2.40. The Balaban J connectivity index is 1.61. The molecule has 23 heavy (non-hydrogen) atoms. The molecule has 1 aromatic rings. The minimum Gasteiger partial charge on any atom is -0.365 e. The largest absolute Gasteiger partial charge is 0.365 e. The number of ether oxygens (including phenoxy) is 1. The molecule has 0 aromatic carbocycles. The predicted molar refractivity (Wildman–Crippen MR) is 90.0 cm³/mol. The Bertz CT molecular complexity index is 497. The van der Waals surface area contributed by atoms with Gasteiger partial charge in [-0.3, -0.25) is 9.78 Å². The number of nitrogens with zero attached hydrogens (tertiary/aromatic N) is 2. The first-order valence-corrected chi connectivity index (χ1v) is 9.11. The van der Waals surface area contributed by atoms with Crippen LogP contribution in [0.25, 0.3) is 0 Å². The molecule has 2 fully saturated rings. The van der Waals surface area contributed by atoms with E-state index in [2.05, 4.69) is 4.98 Å². The summed E-state index contributed by atoms with van der Waals surface area (Å²) in [4.78, 5) is 19.0. The Morgan fingerprint density at radius 2 is 1.83 bits per heavy atom. The van der Waals surface area contributed by atoms with E-state index in [0.29, 0.717) is 0 Å². The maximum absolute atomic E-state index is 12.9. The zero-order chi connectivity index (χ0) is 16.1. The van der Waals surface area contributed by atoms with Gasteiger partial charge in [-0.05, 0) is 50.3 Å². The Kier molecular flexibility index (Phi) is 5.65. The first-order chi connectivity index (χ1) is 11.3. The van der Waals surface area contributed by atoms with Gasteiger partial charge in [0.05, 0.1) is 12.1 Å². The molecule has 1 aromatic heterocycles. The van der Waals surface area contributed by atoms with Crippen molar-refractivity contribution in [3.63, 3.8) is 0 Å². The van der Waals surface area contributed by atoms with Crippen LogP contribution >= 0.6 is 0 Å². The van der Waals surface area contributed by atoms with Crippen LogP contribution in [0.2, 0.25) is 0 Å². The van der Waals surface area contributed by atoms with Crippen molar-refractivity contribution >= 4 is 5.91 Å². The molecule has 0 radical (unpaired) electrons. The standard InChI is InChI=1S/C19H28N2O2/c1-15(23-17-7-4-2-3-5-8-17)19(22)21-14-6-9-18(21)16-10-12-20-13-11-16/h10-13,15,17-18H,2-9,14H2,1H3/t15-,18+/m1/s1. The molecule has 0 N–H and O–H groups in total. The Morgan fingerprint density at radius 1 is 1.13 bits per heavy atom. The van der Waals surface area contributed by atoms with Gasteiger partial charge in [-0.2, -0.15) is 0 Å². The smallest absolute Gasteiger partial charge is 0.251 e. The summed E-state index contributed by atoms with van der Waals surface area (Å²) in [5.74, 6) is 0.147. The maximum atomic E-state index is 12.9. The van der Waals surface area contributed by atoms with Crippen LogP contribution < -0.4 is 0 Å². The van der Waals surface area contributed by atoms with Gasteiger partial charge in [0.1, 0.15) is 6.10 Å². The van der Waals surface area contributed by atoms with Crippen LogP contribution in [0, 0.1) is 0 Å². The second kappa shape index (κ2) is 7.91.